The number of carbonyl (C=O) groups is 1. The summed E-state index contributed by atoms with van der Waals surface area (Å²) in [6.45, 7) is 2.18. The quantitative estimate of drug-likeness (QED) is 0.786. The van der Waals surface area contributed by atoms with Crippen molar-refractivity contribution in [1.82, 2.24) is 15.3 Å². The Morgan fingerprint density at radius 1 is 1.19 bits per heavy atom. The Labute approximate surface area is 150 Å². The van der Waals surface area contributed by atoms with Crippen LogP contribution in [0.2, 0.25) is 0 Å². The van der Waals surface area contributed by atoms with Crippen molar-refractivity contribution >= 4 is 16.9 Å². The second kappa shape index (κ2) is 6.71. The number of aromatic nitrogens is 2. The van der Waals surface area contributed by atoms with Gasteiger partial charge in [0.05, 0.1) is 11.9 Å². The van der Waals surface area contributed by atoms with Crippen LogP contribution >= 0.6 is 0 Å². The number of hydrogen-bond donors (Lipinski definition) is 1. The Kier molecular flexibility index (Phi) is 4.24. The third-order valence-electron chi connectivity index (χ3n) is 4.70. The summed E-state index contributed by atoms with van der Waals surface area (Å²) in [5, 5.41) is 3.20. The lowest BCUT2D eigenvalue weighted by Gasteiger charge is -2.17. The Morgan fingerprint density at radius 3 is 2.88 bits per heavy atom. The van der Waals surface area contributed by atoms with E-state index in [4.69, 9.17) is 4.42 Å². The highest BCUT2D eigenvalue weighted by molar-refractivity contribution is 5.93. The number of benzene rings is 1. The summed E-state index contributed by atoms with van der Waals surface area (Å²) in [7, 11) is 0. The first kappa shape index (κ1) is 16.4. The number of rotatable bonds is 3. The van der Waals surface area contributed by atoms with E-state index in [0.717, 1.165) is 30.7 Å². The molecule has 1 aliphatic rings. The Hall–Kier alpha value is -3.02. The lowest BCUT2D eigenvalue weighted by Crippen LogP contribution is -2.26. The fraction of sp³-hybridized carbons (Fsp3) is 0.300. The number of amides is 1. The fourth-order valence-electron chi connectivity index (χ4n) is 3.39. The third kappa shape index (κ3) is 3.10. The van der Waals surface area contributed by atoms with Gasteiger partial charge < -0.3 is 9.73 Å². The highest BCUT2D eigenvalue weighted by Crippen LogP contribution is 2.21. The second-order valence-electron chi connectivity index (χ2n) is 6.51. The number of nitrogens with zero attached hydrogens (tertiary/aromatic N) is 2. The number of para-hydroxylation sites is 1. The van der Waals surface area contributed by atoms with Crippen LogP contribution in [0.1, 0.15) is 46.2 Å². The summed E-state index contributed by atoms with van der Waals surface area (Å²) in [6, 6.07) is 8.08. The Bertz CT molecular complexity index is 1060. The van der Waals surface area contributed by atoms with Crippen molar-refractivity contribution in [1.29, 1.82) is 0 Å². The van der Waals surface area contributed by atoms with Crippen LogP contribution in [-0.4, -0.2) is 15.9 Å². The molecule has 4 rings (SSSR count). The molecule has 0 radical (unpaired) electrons. The molecule has 3 aromatic rings. The fourth-order valence-corrected chi connectivity index (χ4v) is 3.39. The molecule has 0 bridgehead atoms. The van der Waals surface area contributed by atoms with E-state index in [1.54, 1.807) is 24.3 Å². The Balaban J connectivity index is 1.54. The highest BCUT2D eigenvalue weighted by atomic mass is 16.3. The van der Waals surface area contributed by atoms with Crippen LogP contribution in [0.25, 0.3) is 11.0 Å². The molecule has 1 N–H and O–H groups in total. The molecule has 26 heavy (non-hydrogen) atoms. The average Bonchev–Trinajstić information content (AvgIpc) is 2.66. The minimum Gasteiger partial charge on any atom is -0.451 e. The van der Waals surface area contributed by atoms with Gasteiger partial charge in [-0.25, -0.2) is 9.97 Å². The summed E-state index contributed by atoms with van der Waals surface area (Å²) < 4.78 is 5.55. The lowest BCUT2D eigenvalue weighted by atomic mass is 9.95. The molecular weight excluding hydrogens is 330 g/mol. The smallest absolute Gasteiger partial charge is 0.287 e. The maximum absolute atomic E-state index is 12.4. The zero-order valence-electron chi connectivity index (χ0n) is 14.5. The molecule has 0 spiro atoms. The summed E-state index contributed by atoms with van der Waals surface area (Å²) in [4.78, 5) is 33.6. The van der Waals surface area contributed by atoms with Gasteiger partial charge in [-0.15, -0.1) is 0 Å². The number of carbonyl (C=O) groups excluding carboxylic acids is 1. The average molecular weight is 349 g/mol. The van der Waals surface area contributed by atoms with Crippen LogP contribution in [0.4, 0.5) is 0 Å². The van der Waals surface area contributed by atoms with Gasteiger partial charge in [0.2, 0.25) is 0 Å². The van der Waals surface area contributed by atoms with E-state index in [9.17, 15) is 9.59 Å². The van der Waals surface area contributed by atoms with Gasteiger partial charge in [-0.3, -0.25) is 9.59 Å². The number of fused-ring (bicyclic) bond motifs is 2. The summed E-state index contributed by atoms with van der Waals surface area (Å²) >= 11 is 0. The van der Waals surface area contributed by atoms with Crippen LogP contribution in [0, 0.1) is 6.92 Å². The lowest BCUT2D eigenvalue weighted by molar-refractivity contribution is 0.0922. The first-order valence-electron chi connectivity index (χ1n) is 8.78. The van der Waals surface area contributed by atoms with Gasteiger partial charge in [0.1, 0.15) is 11.4 Å². The maximum Gasteiger partial charge on any atom is 0.287 e. The summed E-state index contributed by atoms with van der Waals surface area (Å²) in [5.74, 6) is 0.120. The van der Waals surface area contributed by atoms with Crippen molar-refractivity contribution in [2.24, 2.45) is 0 Å². The van der Waals surface area contributed by atoms with Crippen molar-refractivity contribution in [3.05, 3.63) is 69.1 Å². The summed E-state index contributed by atoms with van der Waals surface area (Å²) in [6.07, 6.45) is 4.29. The van der Waals surface area contributed by atoms with Gasteiger partial charge in [0, 0.05) is 17.5 Å². The van der Waals surface area contributed by atoms with E-state index in [-0.39, 0.29) is 17.7 Å². The zero-order chi connectivity index (χ0) is 18.1. The van der Waals surface area contributed by atoms with E-state index in [1.807, 2.05) is 6.92 Å². The first-order valence-corrected chi connectivity index (χ1v) is 8.78. The van der Waals surface area contributed by atoms with E-state index >= 15 is 0 Å². The Morgan fingerprint density at radius 2 is 2.00 bits per heavy atom. The highest BCUT2D eigenvalue weighted by Gasteiger charge is 2.17. The van der Waals surface area contributed by atoms with Crippen molar-refractivity contribution in [3.63, 3.8) is 0 Å². The SMILES string of the molecule is Cc1nc(CNC(=O)c2cc(=O)c3ccccc3o2)nc2c1CCCC2. The molecule has 0 saturated heterocycles. The second-order valence-corrected chi connectivity index (χ2v) is 6.51. The van der Waals surface area contributed by atoms with Crippen molar-refractivity contribution < 1.29 is 9.21 Å². The molecule has 1 aromatic carbocycles. The zero-order valence-corrected chi connectivity index (χ0v) is 14.5. The third-order valence-corrected chi connectivity index (χ3v) is 4.70. The van der Waals surface area contributed by atoms with E-state index in [1.165, 1.54) is 18.1 Å². The minimum atomic E-state index is -0.452. The van der Waals surface area contributed by atoms with E-state index < -0.39 is 5.91 Å². The van der Waals surface area contributed by atoms with Crippen LogP contribution in [0.3, 0.4) is 0 Å². The van der Waals surface area contributed by atoms with E-state index in [2.05, 4.69) is 15.3 Å². The first-order chi connectivity index (χ1) is 12.6. The summed E-state index contributed by atoms with van der Waals surface area (Å²) in [5.41, 5.74) is 3.47. The molecule has 1 aliphatic carbocycles. The maximum atomic E-state index is 12.4. The van der Waals surface area contributed by atoms with E-state index in [0.29, 0.717) is 16.8 Å². The van der Waals surface area contributed by atoms with Crippen LogP contribution < -0.4 is 10.7 Å². The van der Waals surface area contributed by atoms with Crippen LogP contribution in [0.5, 0.6) is 0 Å². The molecule has 1 amide bonds. The topological polar surface area (TPSA) is 85.1 Å². The van der Waals surface area contributed by atoms with Gasteiger partial charge in [-0.1, -0.05) is 12.1 Å². The molecule has 6 heteroatoms. The largest absolute Gasteiger partial charge is 0.451 e. The predicted molar refractivity (Wildman–Crippen MR) is 97.1 cm³/mol. The molecular formula is C20H19N3O3. The molecule has 0 aliphatic heterocycles. The van der Waals surface area contributed by atoms with Crippen LogP contribution in [-0.2, 0) is 19.4 Å². The van der Waals surface area contributed by atoms with Crippen molar-refractivity contribution in [2.75, 3.05) is 0 Å². The number of aryl methyl sites for hydroxylation is 2. The van der Waals surface area contributed by atoms with Gasteiger partial charge >= 0.3 is 0 Å². The molecule has 2 heterocycles. The molecule has 132 valence electrons. The monoisotopic (exact) mass is 349 g/mol. The van der Waals surface area contributed by atoms with Crippen molar-refractivity contribution in [2.45, 2.75) is 39.2 Å². The molecule has 0 fully saturated rings. The van der Waals surface area contributed by atoms with Gasteiger partial charge in [0.15, 0.2) is 11.2 Å². The van der Waals surface area contributed by atoms with Gasteiger partial charge in [-0.2, -0.15) is 0 Å². The van der Waals surface area contributed by atoms with Gasteiger partial charge in [-0.05, 0) is 50.3 Å². The molecule has 6 nitrogen and oxygen atoms in total. The standard InChI is InChI=1S/C20H19N3O3/c1-12-13-6-2-4-8-15(13)23-19(22-12)11-21-20(25)18-10-16(24)14-7-3-5-9-17(14)26-18/h3,5,7,9-10H,2,4,6,8,11H2,1H3,(H,21,25). The number of hydrogen-bond acceptors (Lipinski definition) is 5. The minimum absolute atomic E-state index is 0.0108. The molecule has 0 unspecified atom stereocenters. The van der Waals surface area contributed by atoms with Crippen LogP contribution in [0.15, 0.2) is 39.5 Å². The molecule has 0 saturated carbocycles. The number of nitrogens with one attached hydrogen (secondary N) is 1. The molecule has 2 aromatic heterocycles. The molecule has 0 atom stereocenters. The normalized spacial score (nSPS) is 13.4. The van der Waals surface area contributed by atoms with Crippen molar-refractivity contribution in [3.8, 4) is 0 Å². The predicted octanol–water partition coefficient (Wildman–Crippen LogP) is 2.70. The van der Waals surface area contributed by atoms with Gasteiger partial charge in [0.25, 0.3) is 5.91 Å².